The van der Waals surface area contributed by atoms with Gasteiger partial charge in [-0.05, 0) is 67.6 Å². The SMILES string of the molecule is CCCCN1C(C)=NS(=O)(=O)c2cc(C(=O)Nc3c(CC)cc(Br)cc3CC)ccc21. The van der Waals surface area contributed by atoms with E-state index in [9.17, 15) is 13.2 Å². The molecular weight excluding hydrogens is 478 g/mol. The number of amides is 1. The standard InChI is InChI=1S/C23H28BrN3O3S/c1-5-8-11-27-15(4)26-31(29,30)21-14-18(9-10-20(21)27)23(28)25-22-16(6-2)12-19(24)13-17(22)7-3/h9-10,12-14H,5-8,11H2,1-4H3,(H,25,28). The van der Waals surface area contributed by atoms with Gasteiger partial charge in [-0.2, -0.15) is 8.42 Å². The van der Waals surface area contributed by atoms with Gasteiger partial charge in [-0.25, -0.2) is 0 Å². The Morgan fingerprint density at radius 2 is 1.74 bits per heavy atom. The first kappa shape index (κ1) is 23.5. The van der Waals surface area contributed by atoms with E-state index >= 15 is 0 Å². The first-order valence-corrected chi connectivity index (χ1v) is 12.8. The van der Waals surface area contributed by atoms with Crippen LogP contribution in [0.25, 0.3) is 0 Å². The molecule has 0 saturated carbocycles. The number of carbonyl (C=O) groups is 1. The smallest absolute Gasteiger partial charge is 0.286 e. The predicted octanol–water partition coefficient (Wildman–Crippen LogP) is 5.55. The van der Waals surface area contributed by atoms with Gasteiger partial charge in [0, 0.05) is 22.3 Å². The van der Waals surface area contributed by atoms with Crippen LogP contribution in [-0.4, -0.2) is 26.7 Å². The number of amidine groups is 1. The Labute approximate surface area is 192 Å². The lowest BCUT2D eigenvalue weighted by atomic mass is 10.0. The van der Waals surface area contributed by atoms with Crippen LogP contribution in [-0.2, 0) is 22.9 Å². The van der Waals surface area contributed by atoms with Gasteiger partial charge in [-0.1, -0.05) is 43.1 Å². The molecule has 2 aromatic rings. The van der Waals surface area contributed by atoms with E-state index in [0.717, 1.165) is 47.0 Å². The lowest BCUT2D eigenvalue weighted by Crippen LogP contribution is -2.34. The van der Waals surface area contributed by atoms with Crippen molar-refractivity contribution in [1.82, 2.24) is 0 Å². The van der Waals surface area contributed by atoms with Crippen LogP contribution < -0.4 is 10.2 Å². The summed E-state index contributed by atoms with van der Waals surface area (Å²) in [6.45, 7) is 8.53. The average molecular weight is 506 g/mol. The molecular formula is C23H28BrN3O3S. The second-order valence-corrected chi connectivity index (χ2v) is 10.0. The normalized spacial score (nSPS) is 14.7. The number of sulfonamides is 1. The summed E-state index contributed by atoms with van der Waals surface area (Å²) in [5.74, 6) is 0.115. The molecule has 1 heterocycles. The number of aryl methyl sites for hydroxylation is 2. The zero-order valence-corrected chi connectivity index (χ0v) is 20.7. The highest BCUT2D eigenvalue weighted by atomic mass is 79.9. The van der Waals surface area contributed by atoms with Crippen LogP contribution in [0.15, 0.2) is 44.1 Å². The topological polar surface area (TPSA) is 78.8 Å². The quantitative estimate of drug-likeness (QED) is 0.534. The molecule has 1 amide bonds. The van der Waals surface area contributed by atoms with Crippen LogP contribution in [0.1, 0.15) is 62.0 Å². The number of benzene rings is 2. The fourth-order valence-electron chi connectivity index (χ4n) is 3.76. The van der Waals surface area contributed by atoms with E-state index in [2.05, 4.69) is 32.6 Å². The number of rotatable bonds is 7. The summed E-state index contributed by atoms with van der Waals surface area (Å²) in [6.07, 6.45) is 3.43. The zero-order chi connectivity index (χ0) is 22.8. The van der Waals surface area contributed by atoms with Gasteiger partial charge in [0.1, 0.15) is 10.7 Å². The number of unbranched alkanes of at least 4 members (excludes halogenated alkanes) is 1. The number of hydrogen-bond donors (Lipinski definition) is 1. The molecule has 0 aromatic heterocycles. The van der Waals surface area contributed by atoms with E-state index in [4.69, 9.17) is 0 Å². The minimum absolute atomic E-state index is 0.0732. The number of carbonyl (C=O) groups excluding carboxylic acids is 1. The Balaban J connectivity index is 1.99. The van der Waals surface area contributed by atoms with Crippen molar-refractivity contribution in [2.75, 3.05) is 16.8 Å². The van der Waals surface area contributed by atoms with E-state index in [0.29, 0.717) is 23.6 Å². The lowest BCUT2D eigenvalue weighted by molar-refractivity contribution is 0.102. The van der Waals surface area contributed by atoms with Gasteiger partial charge in [0.2, 0.25) is 0 Å². The maximum absolute atomic E-state index is 13.1. The minimum Gasteiger partial charge on any atom is -0.328 e. The Morgan fingerprint density at radius 3 is 2.32 bits per heavy atom. The van der Waals surface area contributed by atoms with Gasteiger partial charge in [0.15, 0.2) is 0 Å². The molecule has 0 saturated heterocycles. The molecule has 166 valence electrons. The number of halogens is 1. The minimum atomic E-state index is -3.85. The molecule has 0 aliphatic carbocycles. The molecule has 0 fully saturated rings. The average Bonchev–Trinajstić information content (AvgIpc) is 2.73. The van der Waals surface area contributed by atoms with Crippen molar-refractivity contribution < 1.29 is 13.2 Å². The third-order valence-corrected chi connectivity index (χ3v) is 7.28. The van der Waals surface area contributed by atoms with Crippen molar-refractivity contribution in [2.24, 2.45) is 4.40 Å². The molecule has 0 unspecified atom stereocenters. The maximum Gasteiger partial charge on any atom is 0.286 e. The predicted molar refractivity (Wildman–Crippen MR) is 130 cm³/mol. The Hall–Kier alpha value is -2.19. The molecule has 6 nitrogen and oxygen atoms in total. The van der Waals surface area contributed by atoms with Gasteiger partial charge in [-0.15, -0.1) is 4.40 Å². The molecule has 0 radical (unpaired) electrons. The van der Waals surface area contributed by atoms with E-state index in [1.807, 2.05) is 30.9 Å². The first-order valence-electron chi connectivity index (χ1n) is 10.6. The van der Waals surface area contributed by atoms with E-state index in [-0.39, 0.29) is 10.8 Å². The van der Waals surface area contributed by atoms with Crippen molar-refractivity contribution in [2.45, 2.75) is 58.3 Å². The molecule has 0 spiro atoms. The molecule has 1 N–H and O–H groups in total. The molecule has 2 aromatic carbocycles. The summed E-state index contributed by atoms with van der Waals surface area (Å²) in [5, 5.41) is 3.01. The molecule has 1 aliphatic heterocycles. The van der Waals surface area contributed by atoms with Crippen LogP contribution in [0.2, 0.25) is 0 Å². The fourth-order valence-corrected chi connectivity index (χ4v) is 5.58. The Kier molecular flexibility index (Phi) is 7.21. The van der Waals surface area contributed by atoms with Crippen molar-refractivity contribution in [1.29, 1.82) is 0 Å². The second kappa shape index (κ2) is 9.53. The number of anilines is 2. The maximum atomic E-state index is 13.1. The lowest BCUT2D eigenvalue weighted by Gasteiger charge is -2.29. The summed E-state index contributed by atoms with van der Waals surface area (Å²) in [4.78, 5) is 15.1. The summed E-state index contributed by atoms with van der Waals surface area (Å²) in [5.41, 5.74) is 3.70. The van der Waals surface area contributed by atoms with Crippen LogP contribution in [0.3, 0.4) is 0 Å². The molecule has 0 bridgehead atoms. The van der Waals surface area contributed by atoms with Gasteiger partial charge >= 0.3 is 0 Å². The first-order chi connectivity index (χ1) is 14.7. The number of nitrogens with zero attached hydrogens (tertiary/aromatic N) is 2. The van der Waals surface area contributed by atoms with Crippen molar-refractivity contribution in [3.63, 3.8) is 0 Å². The van der Waals surface area contributed by atoms with Gasteiger partial charge in [0.05, 0.1) is 5.69 Å². The van der Waals surface area contributed by atoms with Crippen LogP contribution >= 0.6 is 15.9 Å². The Bertz CT molecular complexity index is 1120. The van der Waals surface area contributed by atoms with Crippen molar-refractivity contribution in [3.8, 4) is 0 Å². The highest BCUT2D eigenvalue weighted by molar-refractivity contribution is 9.10. The van der Waals surface area contributed by atoms with E-state index < -0.39 is 10.0 Å². The van der Waals surface area contributed by atoms with Gasteiger partial charge in [0.25, 0.3) is 15.9 Å². The summed E-state index contributed by atoms with van der Waals surface area (Å²) < 4.78 is 30.3. The Morgan fingerprint density at radius 1 is 1.10 bits per heavy atom. The highest BCUT2D eigenvalue weighted by Gasteiger charge is 2.29. The summed E-state index contributed by atoms with van der Waals surface area (Å²) in [7, 11) is -3.85. The van der Waals surface area contributed by atoms with E-state index in [1.54, 1.807) is 19.1 Å². The van der Waals surface area contributed by atoms with Gasteiger partial charge < -0.3 is 10.2 Å². The summed E-state index contributed by atoms with van der Waals surface area (Å²) in [6, 6.07) is 8.81. The number of hydrogen-bond acceptors (Lipinski definition) is 4. The van der Waals surface area contributed by atoms with E-state index in [1.165, 1.54) is 6.07 Å². The highest BCUT2D eigenvalue weighted by Crippen LogP contribution is 2.33. The molecule has 0 atom stereocenters. The summed E-state index contributed by atoms with van der Waals surface area (Å²) >= 11 is 3.53. The van der Waals surface area contributed by atoms with Crippen molar-refractivity contribution >= 4 is 49.1 Å². The van der Waals surface area contributed by atoms with Crippen LogP contribution in [0, 0.1) is 0 Å². The number of nitrogens with one attached hydrogen (secondary N) is 1. The third-order valence-electron chi connectivity index (χ3n) is 5.44. The number of fused-ring (bicyclic) bond motifs is 1. The fraction of sp³-hybridized carbons (Fsp3) is 0.391. The largest absolute Gasteiger partial charge is 0.328 e. The zero-order valence-electron chi connectivity index (χ0n) is 18.3. The molecule has 31 heavy (non-hydrogen) atoms. The third kappa shape index (κ3) is 4.85. The monoisotopic (exact) mass is 505 g/mol. The van der Waals surface area contributed by atoms with Crippen LogP contribution in [0.4, 0.5) is 11.4 Å². The van der Waals surface area contributed by atoms with Gasteiger partial charge in [-0.3, -0.25) is 4.79 Å². The van der Waals surface area contributed by atoms with Crippen molar-refractivity contribution in [3.05, 3.63) is 51.5 Å². The molecule has 8 heteroatoms. The molecule has 1 aliphatic rings. The molecule has 3 rings (SSSR count). The second-order valence-electron chi connectivity index (χ2n) is 7.56. The van der Waals surface area contributed by atoms with Crippen LogP contribution in [0.5, 0.6) is 0 Å².